The smallest absolute Gasteiger partial charge is 0.279 e. The van der Waals surface area contributed by atoms with E-state index in [1.807, 2.05) is 30.3 Å². The minimum atomic E-state index is -0.490. The second kappa shape index (κ2) is 9.77. The van der Waals surface area contributed by atoms with Crippen LogP contribution >= 0.6 is 22.9 Å². The molecule has 144 valence electrons. The summed E-state index contributed by atoms with van der Waals surface area (Å²) in [5, 5.41) is 0. The molecule has 0 saturated carbocycles. The van der Waals surface area contributed by atoms with Crippen molar-refractivity contribution in [2.75, 3.05) is 13.2 Å². The molecule has 2 aromatic carbocycles. The summed E-state index contributed by atoms with van der Waals surface area (Å²) < 4.78 is 11.7. The molecule has 1 heterocycles. The molecule has 0 saturated heterocycles. The Balaban J connectivity index is 1.52. The van der Waals surface area contributed by atoms with Crippen molar-refractivity contribution in [1.29, 1.82) is 0 Å². The van der Waals surface area contributed by atoms with Crippen molar-refractivity contribution in [2.24, 2.45) is 0 Å². The summed E-state index contributed by atoms with van der Waals surface area (Å²) in [5.41, 5.74) is 5.03. The molecule has 0 spiro atoms. The Morgan fingerprint density at radius 3 is 2.25 bits per heavy atom. The molecular formula is C20H17ClN2O4S. The first kappa shape index (κ1) is 19.7. The van der Waals surface area contributed by atoms with Gasteiger partial charge in [-0.25, -0.2) is 0 Å². The van der Waals surface area contributed by atoms with Crippen LogP contribution in [0.5, 0.6) is 11.5 Å². The molecule has 8 heteroatoms. The third kappa shape index (κ3) is 5.48. The van der Waals surface area contributed by atoms with Gasteiger partial charge in [-0.15, -0.1) is 11.3 Å². The number of hydrogen-bond donors (Lipinski definition) is 2. The maximum Gasteiger partial charge on any atom is 0.279 e. The normalized spacial score (nSPS) is 10.2. The molecule has 3 aromatic rings. The molecule has 2 amide bonds. The molecule has 0 radical (unpaired) electrons. The Kier molecular flexibility index (Phi) is 6.89. The minimum absolute atomic E-state index is 0.263. The maximum atomic E-state index is 12.4. The van der Waals surface area contributed by atoms with Crippen LogP contribution in [0, 0.1) is 0 Å². The first-order valence-corrected chi connectivity index (χ1v) is 9.58. The van der Waals surface area contributed by atoms with Gasteiger partial charge in [-0.3, -0.25) is 20.4 Å². The van der Waals surface area contributed by atoms with Gasteiger partial charge in [-0.05, 0) is 36.4 Å². The second-order valence-corrected chi connectivity index (χ2v) is 7.23. The molecule has 0 aliphatic carbocycles. The zero-order chi connectivity index (χ0) is 19.8. The van der Waals surface area contributed by atoms with Crippen LogP contribution in [0.4, 0.5) is 0 Å². The number of rotatable bonds is 7. The van der Waals surface area contributed by atoms with Gasteiger partial charge in [-0.2, -0.15) is 0 Å². The van der Waals surface area contributed by atoms with E-state index in [2.05, 4.69) is 10.9 Å². The predicted octanol–water partition coefficient (Wildman–Crippen LogP) is 3.93. The first-order chi connectivity index (χ1) is 13.6. The van der Waals surface area contributed by atoms with Crippen molar-refractivity contribution in [3.8, 4) is 11.5 Å². The largest absolute Gasteiger partial charge is 0.490 e. The molecular weight excluding hydrogens is 400 g/mol. The number of carbonyl (C=O) groups excluding carboxylic acids is 2. The van der Waals surface area contributed by atoms with Crippen molar-refractivity contribution in [3.05, 3.63) is 81.5 Å². The fourth-order valence-electron chi connectivity index (χ4n) is 2.29. The molecule has 6 nitrogen and oxygen atoms in total. The quantitative estimate of drug-likeness (QED) is 0.452. The molecule has 0 aliphatic heterocycles. The third-order valence-corrected chi connectivity index (χ3v) is 4.80. The summed E-state index contributed by atoms with van der Waals surface area (Å²) in [6, 6.07) is 19.3. The summed E-state index contributed by atoms with van der Waals surface area (Å²) in [4.78, 5) is 24.8. The van der Waals surface area contributed by atoms with E-state index in [1.54, 1.807) is 36.4 Å². The molecule has 0 atom stereocenters. The number of carbonyl (C=O) groups is 2. The van der Waals surface area contributed by atoms with Gasteiger partial charge in [0.05, 0.1) is 14.8 Å². The molecule has 1 aromatic heterocycles. The Morgan fingerprint density at radius 2 is 1.50 bits per heavy atom. The van der Waals surface area contributed by atoms with Gasteiger partial charge in [0.2, 0.25) is 0 Å². The lowest BCUT2D eigenvalue weighted by Crippen LogP contribution is -2.41. The molecule has 0 unspecified atom stereocenters. The summed E-state index contributed by atoms with van der Waals surface area (Å²) in [7, 11) is 0. The fourth-order valence-corrected chi connectivity index (χ4v) is 3.23. The van der Waals surface area contributed by atoms with Gasteiger partial charge in [0.15, 0.2) is 0 Å². The number of ether oxygens (including phenoxy) is 2. The standard InChI is InChI=1S/C20H17ClN2O4S/c21-18-11-10-17(28-18)20(25)23-22-19(24)15-8-4-5-9-16(15)27-13-12-26-14-6-2-1-3-7-14/h1-11H,12-13H2,(H,22,24)(H,23,25). The summed E-state index contributed by atoms with van der Waals surface area (Å²) >= 11 is 6.93. The lowest BCUT2D eigenvalue weighted by Gasteiger charge is -2.12. The highest BCUT2D eigenvalue weighted by atomic mass is 35.5. The van der Waals surface area contributed by atoms with Crippen molar-refractivity contribution in [3.63, 3.8) is 0 Å². The average molecular weight is 417 g/mol. The highest BCUT2D eigenvalue weighted by Crippen LogP contribution is 2.21. The molecule has 0 aliphatic rings. The lowest BCUT2D eigenvalue weighted by molar-refractivity contribution is 0.0846. The Labute approximate surface area is 171 Å². The van der Waals surface area contributed by atoms with Crippen molar-refractivity contribution in [1.82, 2.24) is 10.9 Å². The van der Waals surface area contributed by atoms with Crippen LogP contribution in [0.1, 0.15) is 20.0 Å². The monoisotopic (exact) mass is 416 g/mol. The number of hydrogen-bond acceptors (Lipinski definition) is 5. The SMILES string of the molecule is O=C(NNC(=O)c1ccccc1OCCOc1ccccc1)c1ccc(Cl)s1. The van der Waals surface area contributed by atoms with Crippen molar-refractivity contribution in [2.45, 2.75) is 0 Å². The van der Waals surface area contributed by atoms with Gasteiger partial charge < -0.3 is 9.47 Å². The number of benzene rings is 2. The molecule has 2 N–H and O–H groups in total. The number of para-hydroxylation sites is 2. The van der Waals surface area contributed by atoms with Crippen LogP contribution in [0.2, 0.25) is 4.34 Å². The average Bonchev–Trinajstić information content (AvgIpc) is 3.17. The van der Waals surface area contributed by atoms with E-state index in [0.717, 1.165) is 17.1 Å². The van der Waals surface area contributed by atoms with Crippen LogP contribution in [-0.4, -0.2) is 25.0 Å². The van der Waals surface area contributed by atoms with Crippen LogP contribution in [0.15, 0.2) is 66.7 Å². The van der Waals surface area contributed by atoms with E-state index in [4.69, 9.17) is 21.1 Å². The lowest BCUT2D eigenvalue weighted by atomic mass is 10.2. The zero-order valence-corrected chi connectivity index (χ0v) is 16.3. The zero-order valence-electron chi connectivity index (χ0n) is 14.7. The highest BCUT2D eigenvalue weighted by molar-refractivity contribution is 7.17. The third-order valence-electron chi connectivity index (χ3n) is 3.57. The first-order valence-electron chi connectivity index (χ1n) is 8.39. The molecule has 28 heavy (non-hydrogen) atoms. The molecule has 3 rings (SSSR count). The topological polar surface area (TPSA) is 76.7 Å². The predicted molar refractivity (Wildman–Crippen MR) is 108 cm³/mol. The van der Waals surface area contributed by atoms with Gasteiger partial charge in [0, 0.05) is 0 Å². The summed E-state index contributed by atoms with van der Waals surface area (Å²) in [6.07, 6.45) is 0. The number of amides is 2. The Morgan fingerprint density at radius 1 is 0.821 bits per heavy atom. The van der Waals surface area contributed by atoms with E-state index in [0.29, 0.717) is 27.1 Å². The number of thiophene rings is 1. The van der Waals surface area contributed by atoms with Gasteiger partial charge in [0.1, 0.15) is 24.7 Å². The van der Waals surface area contributed by atoms with Crippen LogP contribution in [0.3, 0.4) is 0 Å². The molecule has 0 bridgehead atoms. The number of nitrogens with one attached hydrogen (secondary N) is 2. The van der Waals surface area contributed by atoms with Crippen LogP contribution in [0.25, 0.3) is 0 Å². The summed E-state index contributed by atoms with van der Waals surface area (Å²) in [5.74, 6) is 0.203. The number of halogens is 1. The van der Waals surface area contributed by atoms with Crippen molar-refractivity contribution < 1.29 is 19.1 Å². The fraction of sp³-hybridized carbons (Fsp3) is 0.100. The van der Waals surface area contributed by atoms with E-state index >= 15 is 0 Å². The Hall–Kier alpha value is -3.03. The highest BCUT2D eigenvalue weighted by Gasteiger charge is 2.14. The van der Waals surface area contributed by atoms with Crippen LogP contribution < -0.4 is 20.3 Å². The number of hydrazine groups is 1. The van der Waals surface area contributed by atoms with Gasteiger partial charge >= 0.3 is 0 Å². The van der Waals surface area contributed by atoms with Crippen molar-refractivity contribution >= 4 is 34.8 Å². The maximum absolute atomic E-state index is 12.4. The second-order valence-electron chi connectivity index (χ2n) is 5.52. The Bertz CT molecular complexity index is 946. The van der Waals surface area contributed by atoms with E-state index in [1.165, 1.54) is 0 Å². The van der Waals surface area contributed by atoms with Gasteiger partial charge in [-0.1, -0.05) is 41.9 Å². The molecule has 0 fully saturated rings. The minimum Gasteiger partial charge on any atom is -0.490 e. The van der Waals surface area contributed by atoms with Crippen LogP contribution in [-0.2, 0) is 0 Å². The van der Waals surface area contributed by atoms with E-state index < -0.39 is 11.8 Å². The van der Waals surface area contributed by atoms with E-state index in [-0.39, 0.29) is 6.61 Å². The van der Waals surface area contributed by atoms with Gasteiger partial charge in [0.25, 0.3) is 11.8 Å². The van der Waals surface area contributed by atoms with E-state index in [9.17, 15) is 9.59 Å². The summed E-state index contributed by atoms with van der Waals surface area (Å²) in [6.45, 7) is 0.592.